The molecule has 0 saturated heterocycles. The smallest absolute Gasteiger partial charge is 0.334 e. The maximum absolute atomic E-state index is 11.7. The molecule has 1 N–H and O–H groups in total. The van der Waals surface area contributed by atoms with Crippen molar-refractivity contribution in [3.8, 4) is 0 Å². The van der Waals surface area contributed by atoms with Crippen LogP contribution >= 0.6 is 0 Å². The molecule has 0 spiro atoms. The first-order chi connectivity index (χ1) is 7.86. The zero-order chi connectivity index (χ0) is 13.1. The van der Waals surface area contributed by atoms with Gasteiger partial charge in [-0.2, -0.15) is 8.42 Å². The molecule has 6 heteroatoms. The predicted molar refractivity (Wildman–Crippen MR) is 61.2 cm³/mol. The average molecular weight is 258 g/mol. The lowest BCUT2D eigenvalue weighted by atomic mass is 10.2. The number of rotatable bonds is 5. The van der Waals surface area contributed by atoms with Crippen molar-refractivity contribution in [1.29, 1.82) is 0 Å². The summed E-state index contributed by atoms with van der Waals surface area (Å²) < 4.78 is 27.9. The van der Waals surface area contributed by atoms with E-state index in [0.717, 1.165) is 12.0 Å². The summed E-state index contributed by atoms with van der Waals surface area (Å²) in [6, 6.07) is 6.15. The van der Waals surface area contributed by atoms with Crippen molar-refractivity contribution in [3.05, 3.63) is 29.8 Å². The van der Waals surface area contributed by atoms with Gasteiger partial charge in [-0.25, -0.2) is 4.79 Å². The van der Waals surface area contributed by atoms with E-state index in [4.69, 9.17) is 5.11 Å². The molecule has 1 rings (SSSR count). The van der Waals surface area contributed by atoms with Crippen LogP contribution in [0.3, 0.4) is 0 Å². The SMILES string of the molecule is CCc1ccc(S(=O)(=O)OC(C)C(=O)O)cc1. The Kier molecular flexibility index (Phi) is 4.25. The molecule has 1 aromatic carbocycles. The van der Waals surface area contributed by atoms with E-state index in [1.54, 1.807) is 12.1 Å². The Balaban J connectivity index is 2.93. The van der Waals surface area contributed by atoms with E-state index in [1.165, 1.54) is 19.1 Å². The van der Waals surface area contributed by atoms with Crippen molar-refractivity contribution in [2.24, 2.45) is 0 Å². The Morgan fingerprint density at radius 3 is 2.29 bits per heavy atom. The molecule has 17 heavy (non-hydrogen) atoms. The first-order valence-electron chi connectivity index (χ1n) is 5.12. The molecule has 1 unspecified atom stereocenters. The highest BCUT2D eigenvalue weighted by Crippen LogP contribution is 2.15. The minimum Gasteiger partial charge on any atom is -0.479 e. The summed E-state index contributed by atoms with van der Waals surface area (Å²) in [5, 5.41) is 8.58. The molecule has 0 aliphatic heterocycles. The summed E-state index contributed by atoms with van der Waals surface area (Å²) in [5.41, 5.74) is 0.996. The molecular formula is C11H14O5S. The summed E-state index contributed by atoms with van der Waals surface area (Å²) in [7, 11) is -4.01. The highest BCUT2D eigenvalue weighted by Gasteiger charge is 2.23. The predicted octanol–water partition coefficient (Wildman–Crippen LogP) is 1.43. The fourth-order valence-electron chi connectivity index (χ4n) is 1.18. The van der Waals surface area contributed by atoms with Crippen LogP contribution in [-0.2, 0) is 25.5 Å². The van der Waals surface area contributed by atoms with Gasteiger partial charge in [0.05, 0.1) is 4.90 Å². The minimum atomic E-state index is -4.01. The standard InChI is InChI=1S/C11H14O5S/c1-3-9-4-6-10(7-5-9)17(14,15)16-8(2)11(12)13/h4-8H,3H2,1-2H3,(H,12,13). The molecule has 5 nitrogen and oxygen atoms in total. The van der Waals surface area contributed by atoms with E-state index in [1.807, 2.05) is 6.92 Å². The Morgan fingerprint density at radius 1 is 1.35 bits per heavy atom. The van der Waals surface area contributed by atoms with Crippen LogP contribution in [0.25, 0.3) is 0 Å². The van der Waals surface area contributed by atoms with Gasteiger partial charge < -0.3 is 5.11 Å². The quantitative estimate of drug-likeness (QED) is 0.808. The molecule has 0 amide bonds. The average Bonchev–Trinajstić information content (AvgIpc) is 2.28. The molecular weight excluding hydrogens is 244 g/mol. The van der Waals surface area contributed by atoms with Crippen molar-refractivity contribution >= 4 is 16.1 Å². The molecule has 1 aromatic rings. The second-order valence-corrected chi connectivity index (χ2v) is 5.10. The number of aryl methyl sites for hydroxylation is 1. The molecule has 0 heterocycles. The summed E-state index contributed by atoms with van der Waals surface area (Å²) >= 11 is 0. The molecule has 0 aliphatic carbocycles. The fourth-order valence-corrected chi connectivity index (χ4v) is 2.22. The highest BCUT2D eigenvalue weighted by atomic mass is 32.2. The molecule has 94 valence electrons. The summed E-state index contributed by atoms with van der Waals surface area (Å²) in [5.74, 6) is -1.32. The van der Waals surface area contributed by atoms with Gasteiger partial charge in [-0.3, -0.25) is 4.18 Å². The van der Waals surface area contributed by atoms with Crippen LogP contribution in [0.15, 0.2) is 29.2 Å². The molecule has 0 aliphatic rings. The molecule has 0 aromatic heterocycles. The second-order valence-electron chi connectivity index (χ2n) is 3.53. The third-order valence-corrected chi connectivity index (χ3v) is 3.63. The van der Waals surface area contributed by atoms with Gasteiger partial charge in [0.25, 0.3) is 10.1 Å². The van der Waals surface area contributed by atoms with E-state index in [9.17, 15) is 13.2 Å². The Morgan fingerprint density at radius 2 is 1.88 bits per heavy atom. The topological polar surface area (TPSA) is 80.7 Å². The van der Waals surface area contributed by atoms with Crippen LogP contribution < -0.4 is 0 Å². The monoisotopic (exact) mass is 258 g/mol. The number of hydrogen-bond acceptors (Lipinski definition) is 4. The van der Waals surface area contributed by atoms with Gasteiger partial charge in [0.15, 0.2) is 6.10 Å². The van der Waals surface area contributed by atoms with Gasteiger partial charge >= 0.3 is 5.97 Å². The second kappa shape index (κ2) is 5.29. The molecule has 0 radical (unpaired) electrons. The van der Waals surface area contributed by atoms with Crippen molar-refractivity contribution in [2.75, 3.05) is 0 Å². The Bertz CT molecular complexity index is 489. The number of carboxylic acids is 1. The largest absolute Gasteiger partial charge is 0.479 e. The molecule has 1 atom stereocenters. The zero-order valence-corrected chi connectivity index (χ0v) is 10.4. The van der Waals surface area contributed by atoms with Crippen molar-refractivity contribution in [2.45, 2.75) is 31.3 Å². The van der Waals surface area contributed by atoms with E-state index in [0.29, 0.717) is 0 Å². The molecule has 0 fully saturated rings. The maximum atomic E-state index is 11.7. The first-order valence-corrected chi connectivity index (χ1v) is 6.52. The highest BCUT2D eigenvalue weighted by molar-refractivity contribution is 7.86. The zero-order valence-electron chi connectivity index (χ0n) is 9.58. The normalized spacial score (nSPS) is 13.3. The molecule has 0 saturated carbocycles. The lowest BCUT2D eigenvalue weighted by molar-refractivity contribution is -0.144. The van der Waals surface area contributed by atoms with Gasteiger partial charge in [-0.05, 0) is 31.0 Å². The van der Waals surface area contributed by atoms with E-state index < -0.39 is 22.2 Å². The van der Waals surface area contributed by atoms with E-state index in [2.05, 4.69) is 4.18 Å². The van der Waals surface area contributed by atoms with Crippen LogP contribution in [0, 0.1) is 0 Å². The van der Waals surface area contributed by atoms with E-state index >= 15 is 0 Å². The summed E-state index contributed by atoms with van der Waals surface area (Å²) in [6.45, 7) is 3.12. The molecule has 0 bridgehead atoms. The Labute approximate surface area is 100 Å². The minimum absolute atomic E-state index is 0.0391. The third-order valence-electron chi connectivity index (χ3n) is 2.24. The van der Waals surface area contributed by atoms with Gasteiger partial charge in [0.2, 0.25) is 0 Å². The number of aliphatic carboxylic acids is 1. The summed E-state index contributed by atoms with van der Waals surface area (Å²) in [6.07, 6.45) is -0.599. The van der Waals surface area contributed by atoms with Crippen LogP contribution in [0.5, 0.6) is 0 Å². The Hall–Kier alpha value is -1.40. The number of hydrogen-bond donors (Lipinski definition) is 1. The van der Waals surface area contributed by atoms with Crippen molar-refractivity contribution in [3.63, 3.8) is 0 Å². The van der Waals surface area contributed by atoms with Gasteiger partial charge in [0.1, 0.15) is 0 Å². The van der Waals surface area contributed by atoms with Crippen molar-refractivity contribution < 1.29 is 22.5 Å². The summed E-state index contributed by atoms with van der Waals surface area (Å²) in [4.78, 5) is 10.5. The number of carboxylic acid groups (broad SMARTS) is 1. The third kappa shape index (κ3) is 3.54. The number of carbonyl (C=O) groups is 1. The maximum Gasteiger partial charge on any atom is 0.334 e. The van der Waals surface area contributed by atoms with Crippen molar-refractivity contribution in [1.82, 2.24) is 0 Å². The lowest BCUT2D eigenvalue weighted by Gasteiger charge is -2.09. The number of benzene rings is 1. The van der Waals surface area contributed by atoms with Gasteiger partial charge in [-0.1, -0.05) is 19.1 Å². The van der Waals surface area contributed by atoms with Crippen LogP contribution in [0.2, 0.25) is 0 Å². The lowest BCUT2D eigenvalue weighted by Crippen LogP contribution is -2.23. The van der Waals surface area contributed by atoms with Gasteiger partial charge in [0, 0.05) is 0 Å². The van der Waals surface area contributed by atoms with E-state index in [-0.39, 0.29) is 4.90 Å². The van der Waals surface area contributed by atoms with Crippen LogP contribution in [-0.4, -0.2) is 25.6 Å². The van der Waals surface area contributed by atoms with Crippen LogP contribution in [0.1, 0.15) is 19.4 Å². The first kappa shape index (κ1) is 13.7. The van der Waals surface area contributed by atoms with Crippen LogP contribution in [0.4, 0.5) is 0 Å². The fraction of sp³-hybridized carbons (Fsp3) is 0.364. The van der Waals surface area contributed by atoms with Gasteiger partial charge in [-0.15, -0.1) is 0 Å².